The van der Waals surface area contributed by atoms with Crippen molar-refractivity contribution in [3.05, 3.63) is 65.0 Å². The second kappa shape index (κ2) is 6.23. The zero-order valence-corrected chi connectivity index (χ0v) is 15.4. The van der Waals surface area contributed by atoms with Gasteiger partial charge in [0.05, 0.1) is 0 Å². The van der Waals surface area contributed by atoms with Gasteiger partial charge in [-0.15, -0.1) is 0 Å². The molecular weight excluding hydrogens is 349 g/mol. The van der Waals surface area contributed by atoms with Crippen LogP contribution < -0.4 is 10.2 Å². The predicted molar refractivity (Wildman–Crippen MR) is 97.0 cm³/mol. The summed E-state index contributed by atoms with van der Waals surface area (Å²) in [5, 5.41) is 4.12. The molecule has 0 atom stereocenters. The van der Waals surface area contributed by atoms with Gasteiger partial charge in [-0.3, -0.25) is 0 Å². The molecular formula is C19H21N3Se. The molecule has 3 rings (SSSR count). The molecule has 2 N–H and O–H groups in total. The third-order valence-corrected chi connectivity index (χ3v) is 6.00. The predicted octanol–water partition coefficient (Wildman–Crippen LogP) is 3.41. The van der Waals surface area contributed by atoms with E-state index < -0.39 is 0 Å². The van der Waals surface area contributed by atoms with E-state index in [1.807, 2.05) is 12.1 Å². The Morgan fingerprint density at radius 3 is 1.87 bits per heavy atom. The molecule has 3 nitrogen and oxygen atoms in total. The molecule has 0 aliphatic heterocycles. The Labute approximate surface area is 142 Å². The Bertz CT molecular complexity index is 853. The van der Waals surface area contributed by atoms with Crippen LogP contribution in [0.1, 0.15) is 20.8 Å². The molecule has 1 heterocycles. The van der Waals surface area contributed by atoms with Crippen molar-refractivity contribution in [1.82, 2.24) is 4.57 Å². The average molecular weight is 370 g/mol. The fraction of sp³-hybridized carbons (Fsp3) is 0.211. The number of rotatable bonds is 2. The normalized spacial score (nSPS) is 12.6. The number of hydrogen-bond acceptors (Lipinski definition) is 2. The molecule has 118 valence electrons. The molecule has 0 bridgehead atoms. The summed E-state index contributed by atoms with van der Waals surface area (Å²) in [5.41, 5.74) is 3.61. The molecule has 0 aliphatic rings. The molecule has 0 radical (unpaired) electrons. The van der Waals surface area contributed by atoms with Crippen LogP contribution in [0.2, 0.25) is 0 Å². The molecule has 0 saturated carbocycles. The Morgan fingerprint density at radius 2 is 1.39 bits per heavy atom. The number of nitrogens with two attached hydrogens (primary N) is 1. The first-order valence-electron chi connectivity index (χ1n) is 7.63. The number of hydrogen-bond donors (Lipinski definition) is 1. The van der Waals surface area contributed by atoms with Crippen molar-refractivity contribution in [3.8, 4) is 21.3 Å². The van der Waals surface area contributed by atoms with E-state index in [1.165, 1.54) is 21.3 Å². The molecule has 0 fully saturated rings. The van der Waals surface area contributed by atoms with Crippen molar-refractivity contribution in [3.63, 3.8) is 0 Å². The maximum absolute atomic E-state index is 5.74. The molecule has 1 aromatic heterocycles. The minimum atomic E-state index is -0.0817. The van der Waals surface area contributed by atoms with Crippen LogP contribution in [0.15, 0.2) is 65.8 Å². The zero-order valence-electron chi connectivity index (χ0n) is 13.7. The summed E-state index contributed by atoms with van der Waals surface area (Å²) in [7, 11) is 0. The molecule has 0 unspecified atom stereocenters. The van der Waals surface area contributed by atoms with E-state index >= 15 is 0 Å². The number of nitrogens with zero attached hydrogens (tertiary/aromatic N) is 2. The van der Waals surface area contributed by atoms with Crippen molar-refractivity contribution < 1.29 is 0 Å². The Balaban J connectivity index is 2.40. The Kier molecular flexibility index (Phi) is 4.29. The van der Waals surface area contributed by atoms with Gasteiger partial charge in [-0.1, -0.05) is 0 Å². The van der Waals surface area contributed by atoms with E-state index in [9.17, 15) is 0 Å². The van der Waals surface area contributed by atoms with Crippen molar-refractivity contribution >= 4 is 14.5 Å². The van der Waals surface area contributed by atoms with Crippen LogP contribution in [0.4, 0.5) is 0 Å². The Hall–Kier alpha value is -2.03. The van der Waals surface area contributed by atoms with Gasteiger partial charge in [0.1, 0.15) is 0 Å². The summed E-state index contributed by atoms with van der Waals surface area (Å²) in [6.07, 6.45) is 0. The van der Waals surface area contributed by atoms with Crippen LogP contribution in [0.25, 0.3) is 21.3 Å². The first-order valence-corrected chi connectivity index (χ1v) is 9.35. The molecule has 2 aromatic carbocycles. The molecule has 0 aliphatic carbocycles. The molecule has 0 amide bonds. The van der Waals surface area contributed by atoms with Gasteiger partial charge in [0.25, 0.3) is 0 Å². The molecule has 3 aromatic rings. The van der Waals surface area contributed by atoms with E-state index in [2.05, 4.69) is 79.0 Å². The standard InChI is InChI=1S/C19H21N3Se/c1-19(2,3)22-16(14-10-6-4-7-11-14)17(23-18(22)21-20)15-12-8-5-9-13-15/h4-13H,20H2,1-3H3/b21-18+. The third kappa shape index (κ3) is 3.05. The average Bonchev–Trinajstić information content (AvgIpc) is 2.96. The SMILES string of the molecule is CC(C)(C)n1c(-c2ccccc2)c(-c2ccccc2)[se]/c1=N/N. The van der Waals surface area contributed by atoms with Crippen LogP contribution >= 0.6 is 0 Å². The van der Waals surface area contributed by atoms with Gasteiger partial charge in [0.2, 0.25) is 0 Å². The summed E-state index contributed by atoms with van der Waals surface area (Å²) in [5.74, 6) is 5.74. The van der Waals surface area contributed by atoms with E-state index in [0.29, 0.717) is 0 Å². The van der Waals surface area contributed by atoms with Crippen molar-refractivity contribution in [2.24, 2.45) is 10.9 Å². The number of aromatic nitrogens is 1. The topological polar surface area (TPSA) is 43.3 Å². The zero-order chi connectivity index (χ0) is 16.4. The summed E-state index contributed by atoms with van der Waals surface area (Å²) in [6, 6.07) is 21.1. The summed E-state index contributed by atoms with van der Waals surface area (Å²) < 4.78 is 4.61. The van der Waals surface area contributed by atoms with E-state index in [-0.39, 0.29) is 20.0 Å². The van der Waals surface area contributed by atoms with Gasteiger partial charge in [-0.25, -0.2) is 0 Å². The van der Waals surface area contributed by atoms with Gasteiger partial charge < -0.3 is 0 Å². The van der Waals surface area contributed by atoms with Crippen molar-refractivity contribution in [2.45, 2.75) is 26.3 Å². The van der Waals surface area contributed by atoms with Crippen LogP contribution in [0.3, 0.4) is 0 Å². The van der Waals surface area contributed by atoms with E-state index in [1.54, 1.807) is 0 Å². The molecule has 4 heteroatoms. The van der Waals surface area contributed by atoms with Crippen molar-refractivity contribution in [1.29, 1.82) is 0 Å². The van der Waals surface area contributed by atoms with E-state index in [0.717, 1.165) is 4.36 Å². The minimum absolute atomic E-state index is 0.0817. The van der Waals surface area contributed by atoms with Gasteiger partial charge in [0, 0.05) is 0 Å². The third-order valence-electron chi connectivity index (χ3n) is 3.69. The van der Waals surface area contributed by atoms with Crippen LogP contribution in [0, 0.1) is 0 Å². The van der Waals surface area contributed by atoms with Crippen LogP contribution in [0.5, 0.6) is 0 Å². The Morgan fingerprint density at radius 1 is 0.870 bits per heavy atom. The summed E-state index contributed by atoms with van der Waals surface area (Å²) in [6.45, 7) is 6.60. The number of benzene rings is 2. The summed E-state index contributed by atoms with van der Waals surface area (Å²) in [4.78, 5) is 0. The molecule has 23 heavy (non-hydrogen) atoms. The quantitative estimate of drug-likeness (QED) is 0.419. The first kappa shape index (κ1) is 15.8. The van der Waals surface area contributed by atoms with Crippen molar-refractivity contribution in [2.75, 3.05) is 0 Å². The van der Waals surface area contributed by atoms with E-state index in [4.69, 9.17) is 5.84 Å². The fourth-order valence-corrected chi connectivity index (χ4v) is 5.36. The van der Waals surface area contributed by atoms with Gasteiger partial charge in [-0.05, 0) is 0 Å². The van der Waals surface area contributed by atoms with Gasteiger partial charge >= 0.3 is 143 Å². The van der Waals surface area contributed by atoms with Gasteiger partial charge in [0.15, 0.2) is 0 Å². The van der Waals surface area contributed by atoms with Crippen LogP contribution in [-0.2, 0) is 5.54 Å². The maximum atomic E-state index is 5.74. The second-order valence-corrected chi connectivity index (χ2v) is 8.48. The van der Waals surface area contributed by atoms with Crippen LogP contribution in [-0.4, -0.2) is 19.1 Å². The molecule has 0 saturated heterocycles. The second-order valence-electron chi connectivity index (χ2n) is 6.43. The molecule has 0 spiro atoms. The summed E-state index contributed by atoms with van der Waals surface area (Å²) >= 11 is 0.0918. The first-order chi connectivity index (χ1) is 11.0. The fourth-order valence-electron chi connectivity index (χ4n) is 2.73. The van der Waals surface area contributed by atoms with Gasteiger partial charge in [-0.2, -0.15) is 0 Å². The monoisotopic (exact) mass is 371 g/mol.